The Morgan fingerprint density at radius 2 is 1.58 bits per heavy atom. The molecule has 1 aliphatic rings. The van der Waals surface area contributed by atoms with E-state index in [4.69, 9.17) is 16.3 Å². The monoisotopic (exact) mass is 466 g/mol. The van der Waals surface area contributed by atoms with E-state index in [1.54, 1.807) is 24.3 Å². The van der Waals surface area contributed by atoms with E-state index >= 15 is 0 Å². The third-order valence-corrected chi connectivity index (χ3v) is 5.31. The number of imide groups is 1. The second-order valence-electron chi connectivity index (χ2n) is 7.20. The molecule has 4 rings (SSSR count). The zero-order valence-electron chi connectivity index (χ0n) is 17.2. The van der Waals surface area contributed by atoms with Crippen molar-refractivity contribution in [3.8, 4) is 0 Å². The van der Waals surface area contributed by atoms with Gasteiger partial charge in [0.25, 0.3) is 17.7 Å². The fourth-order valence-electron chi connectivity index (χ4n) is 3.28. The highest BCUT2D eigenvalue weighted by Gasteiger charge is 2.36. The van der Waals surface area contributed by atoms with E-state index in [0.717, 1.165) is 17.0 Å². The van der Waals surface area contributed by atoms with Crippen molar-refractivity contribution in [3.63, 3.8) is 0 Å². The number of ether oxygens (including phenoxy) is 1. The van der Waals surface area contributed by atoms with Crippen LogP contribution in [-0.4, -0.2) is 29.8 Å². The number of hydrogen-bond acceptors (Lipinski definition) is 5. The average molecular weight is 467 g/mol. The predicted octanol–water partition coefficient (Wildman–Crippen LogP) is 4.46. The number of rotatable bonds is 5. The van der Waals surface area contributed by atoms with Crippen LogP contribution in [-0.2, 0) is 9.53 Å². The molecule has 3 amide bonds. The van der Waals surface area contributed by atoms with Gasteiger partial charge in [0, 0.05) is 0 Å². The molecular formula is C24H16ClFN2O5. The number of fused-ring (bicyclic) bond motifs is 1. The van der Waals surface area contributed by atoms with E-state index in [2.05, 4.69) is 5.32 Å². The van der Waals surface area contributed by atoms with Crippen molar-refractivity contribution >= 4 is 46.7 Å². The third kappa shape index (κ3) is 4.33. The van der Waals surface area contributed by atoms with Crippen LogP contribution >= 0.6 is 11.6 Å². The predicted molar refractivity (Wildman–Crippen MR) is 119 cm³/mol. The Labute approximate surface area is 192 Å². The van der Waals surface area contributed by atoms with Crippen LogP contribution in [0.15, 0.2) is 66.7 Å². The first-order chi connectivity index (χ1) is 15.8. The smallest absolute Gasteiger partial charge is 0.338 e. The number of amides is 3. The lowest BCUT2D eigenvalue weighted by Gasteiger charge is -2.16. The molecule has 33 heavy (non-hydrogen) atoms. The summed E-state index contributed by atoms with van der Waals surface area (Å²) in [6, 6.07) is 15.6. The van der Waals surface area contributed by atoms with Gasteiger partial charge < -0.3 is 10.1 Å². The highest BCUT2D eigenvalue weighted by molar-refractivity contribution is 6.34. The zero-order valence-corrected chi connectivity index (χ0v) is 17.9. The molecule has 1 unspecified atom stereocenters. The van der Waals surface area contributed by atoms with Crippen LogP contribution in [0.4, 0.5) is 15.8 Å². The van der Waals surface area contributed by atoms with E-state index in [0.29, 0.717) is 16.8 Å². The number of benzene rings is 3. The molecule has 1 aliphatic heterocycles. The Kier molecular flexibility index (Phi) is 5.93. The Bertz CT molecular complexity index is 1260. The molecular weight excluding hydrogens is 451 g/mol. The molecule has 7 nitrogen and oxygen atoms in total. The quantitative estimate of drug-likeness (QED) is 0.442. The number of anilines is 2. The summed E-state index contributed by atoms with van der Waals surface area (Å²) < 4.78 is 18.3. The third-order valence-electron chi connectivity index (χ3n) is 5.00. The van der Waals surface area contributed by atoms with E-state index < -0.39 is 35.6 Å². The molecule has 0 bridgehead atoms. The van der Waals surface area contributed by atoms with Crippen molar-refractivity contribution in [1.29, 1.82) is 0 Å². The van der Waals surface area contributed by atoms with Crippen LogP contribution < -0.4 is 10.2 Å². The number of carbonyl (C=O) groups is 4. The first-order valence-corrected chi connectivity index (χ1v) is 10.2. The largest absolute Gasteiger partial charge is 0.449 e. The fraction of sp³-hybridized carbons (Fsp3) is 0.0833. The molecule has 1 N–H and O–H groups in total. The van der Waals surface area contributed by atoms with Gasteiger partial charge in [0.05, 0.1) is 33.1 Å². The molecule has 1 atom stereocenters. The zero-order chi connectivity index (χ0) is 23.7. The molecule has 1 heterocycles. The van der Waals surface area contributed by atoms with E-state index in [1.165, 1.54) is 37.3 Å². The lowest BCUT2D eigenvalue weighted by atomic mass is 10.1. The standard InChI is InChI=1S/C24H16ClFN2O5/c1-13(21(29)27-20-11-8-15(26)12-19(20)25)33-24(32)14-6-9-16(10-7-14)28-22(30)17-4-2-3-5-18(17)23(28)31/h2-13H,1H3,(H,27,29). The maximum atomic E-state index is 13.1. The van der Waals surface area contributed by atoms with Crippen molar-refractivity contribution in [2.45, 2.75) is 13.0 Å². The number of halogens is 2. The summed E-state index contributed by atoms with van der Waals surface area (Å²) >= 11 is 5.88. The van der Waals surface area contributed by atoms with Gasteiger partial charge in [-0.05, 0) is 61.5 Å². The van der Waals surface area contributed by atoms with E-state index in [9.17, 15) is 23.6 Å². The van der Waals surface area contributed by atoms with Crippen LogP contribution in [0.5, 0.6) is 0 Å². The van der Waals surface area contributed by atoms with Crippen LogP contribution in [0, 0.1) is 5.82 Å². The molecule has 9 heteroatoms. The van der Waals surface area contributed by atoms with Gasteiger partial charge in [0.15, 0.2) is 6.10 Å². The summed E-state index contributed by atoms with van der Waals surface area (Å²) in [4.78, 5) is 50.9. The van der Waals surface area contributed by atoms with Crippen molar-refractivity contribution < 1.29 is 28.3 Å². The van der Waals surface area contributed by atoms with Crippen LogP contribution in [0.3, 0.4) is 0 Å². The van der Waals surface area contributed by atoms with Crippen molar-refractivity contribution in [2.75, 3.05) is 10.2 Å². The molecule has 166 valence electrons. The molecule has 0 aliphatic carbocycles. The first kappa shape index (κ1) is 22.2. The lowest BCUT2D eigenvalue weighted by molar-refractivity contribution is -0.123. The molecule has 0 fully saturated rings. The molecule has 0 spiro atoms. The number of nitrogens with one attached hydrogen (secondary N) is 1. The number of carbonyl (C=O) groups excluding carboxylic acids is 4. The topological polar surface area (TPSA) is 92.8 Å². The second-order valence-corrected chi connectivity index (χ2v) is 7.61. The van der Waals surface area contributed by atoms with Crippen molar-refractivity contribution in [1.82, 2.24) is 0 Å². The summed E-state index contributed by atoms with van der Waals surface area (Å²) in [6.45, 7) is 1.37. The SMILES string of the molecule is CC(OC(=O)c1ccc(N2C(=O)c3ccccc3C2=O)cc1)C(=O)Nc1ccc(F)cc1Cl. The minimum absolute atomic E-state index is 0.00521. The first-order valence-electron chi connectivity index (χ1n) is 9.81. The molecule has 0 aromatic heterocycles. The summed E-state index contributed by atoms with van der Waals surface area (Å²) in [7, 11) is 0. The van der Waals surface area contributed by atoms with Gasteiger partial charge in [-0.1, -0.05) is 23.7 Å². The normalized spacial score (nSPS) is 13.5. The number of nitrogens with zero attached hydrogens (tertiary/aromatic N) is 1. The molecule has 0 saturated heterocycles. The van der Waals surface area contributed by atoms with Crippen LogP contribution in [0.2, 0.25) is 5.02 Å². The van der Waals surface area contributed by atoms with E-state index in [-0.39, 0.29) is 16.3 Å². The van der Waals surface area contributed by atoms with Gasteiger partial charge in [-0.25, -0.2) is 14.1 Å². The maximum absolute atomic E-state index is 13.1. The van der Waals surface area contributed by atoms with Crippen LogP contribution in [0.25, 0.3) is 0 Å². The van der Waals surface area contributed by atoms with Gasteiger partial charge in [-0.2, -0.15) is 0 Å². The minimum Gasteiger partial charge on any atom is -0.449 e. The Morgan fingerprint density at radius 1 is 0.970 bits per heavy atom. The highest BCUT2D eigenvalue weighted by Crippen LogP contribution is 2.28. The van der Waals surface area contributed by atoms with Gasteiger partial charge >= 0.3 is 5.97 Å². The fourth-order valence-corrected chi connectivity index (χ4v) is 3.49. The van der Waals surface area contributed by atoms with Gasteiger partial charge in [-0.3, -0.25) is 14.4 Å². The van der Waals surface area contributed by atoms with Crippen molar-refractivity contribution in [3.05, 3.63) is 94.3 Å². The Hall–Kier alpha value is -4.04. The average Bonchev–Trinajstić information content (AvgIpc) is 3.06. The van der Waals surface area contributed by atoms with Gasteiger partial charge in [0.2, 0.25) is 0 Å². The summed E-state index contributed by atoms with van der Waals surface area (Å²) in [5.74, 6) is -2.88. The van der Waals surface area contributed by atoms with Crippen LogP contribution in [0.1, 0.15) is 38.0 Å². The molecule has 3 aromatic carbocycles. The minimum atomic E-state index is -1.17. The van der Waals surface area contributed by atoms with E-state index in [1.807, 2.05) is 0 Å². The molecule has 3 aromatic rings. The van der Waals surface area contributed by atoms with Crippen molar-refractivity contribution in [2.24, 2.45) is 0 Å². The highest BCUT2D eigenvalue weighted by atomic mass is 35.5. The second kappa shape index (κ2) is 8.84. The number of hydrogen-bond donors (Lipinski definition) is 1. The number of esters is 1. The maximum Gasteiger partial charge on any atom is 0.338 e. The van der Waals surface area contributed by atoms with Gasteiger partial charge in [0.1, 0.15) is 5.82 Å². The van der Waals surface area contributed by atoms with Gasteiger partial charge in [-0.15, -0.1) is 0 Å². The summed E-state index contributed by atoms with van der Waals surface area (Å²) in [5.41, 5.74) is 1.22. The summed E-state index contributed by atoms with van der Waals surface area (Å²) in [6.07, 6.45) is -1.17. The Morgan fingerprint density at radius 3 is 2.15 bits per heavy atom. The lowest BCUT2D eigenvalue weighted by Crippen LogP contribution is -2.30. The Balaban J connectivity index is 1.42. The molecule has 0 radical (unpaired) electrons. The molecule has 0 saturated carbocycles. The summed E-state index contributed by atoms with van der Waals surface area (Å²) in [5, 5.41) is 2.47.